The molecule has 0 aliphatic heterocycles. The molecule has 0 unspecified atom stereocenters. The summed E-state index contributed by atoms with van der Waals surface area (Å²) >= 11 is 0. The van der Waals surface area contributed by atoms with Crippen LogP contribution < -0.4 is 10.9 Å². The number of aromatic nitrogens is 4. The lowest BCUT2D eigenvalue weighted by Gasteiger charge is -2.00. The maximum absolute atomic E-state index is 11.9. The van der Waals surface area contributed by atoms with Gasteiger partial charge in [0.15, 0.2) is 11.4 Å². The van der Waals surface area contributed by atoms with E-state index in [0.717, 1.165) is 33.7 Å². The summed E-state index contributed by atoms with van der Waals surface area (Å²) in [4.78, 5) is 23.8. The van der Waals surface area contributed by atoms with Gasteiger partial charge < -0.3 is 0 Å². The first-order valence-electron chi connectivity index (χ1n) is 10.5. The number of hydrazone groups is 2. The quantitative estimate of drug-likeness (QED) is 0.303. The second kappa shape index (κ2) is 11.3. The number of allylic oxidation sites excluding steroid dienone is 2. The van der Waals surface area contributed by atoms with Gasteiger partial charge in [0.2, 0.25) is 0 Å². The minimum atomic E-state index is -0.376. The van der Waals surface area contributed by atoms with E-state index in [0.29, 0.717) is 0 Å². The number of H-pyrrole nitrogens is 2. The zero-order chi connectivity index (χ0) is 24.5. The van der Waals surface area contributed by atoms with Gasteiger partial charge in [-0.1, -0.05) is 36.4 Å². The molecule has 174 valence electrons. The molecule has 0 radical (unpaired) electrons. The highest BCUT2D eigenvalue weighted by Crippen LogP contribution is 2.11. The molecule has 0 saturated heterocycles. The third kappa shape index (κ3) is 7.23. The Morgan fingerprint density at radius 2 is 1.15 bits per heavy atom. The van der Waals surface area contributed by atoms with Crippen molar-refractivity contribution in [3.05, 3.63) is 81.4 Å². The zero-order valence-corrected chi connectivity index (χ0v) is 19.4. The van der Waals surface area contributed by atoms with Crippen LogP contribution in [0.4, 0.5) is 0 Å². The molecule has 2 heterocycles. The van der Waals surface area contributed by atoms with E-state index < -0.39 is 0 Å². The maximum atomic E-state index is 11.9. The molecular formula is C24H26N8O2. The van der Waals surface area contributed by atoms with E-state index in [1.807, 2.05) is 64.1 Å². The molecule has 0 aliphatic rings. The molecule has 0 bridgehead atoms. The Bertz CT molecular complexity index is 1180. The van der Waals surface area contributed by atoms with Crippen molar-refractivity contribution in [1.29, 1.82) is 0 Å². The summed E-state index contributed by atoms with van der Waals surface area (Å²) in [6.45, 7) is 7.42. The highest BCUT2D eigenvalue weighted by Gasteiger charge is 2.08. The van der Waals surface area contributed by atoms with Gasteiger partial charge in [0, 0.05) is 11.4 Å². The largest absolute Gasteiger partial charge is 0.291 e. The van der Waals surface area contributed by atoms with E-state index in [2.05, 4.69) is 41.4 Å². The summed E-state index contributed by atoms with van der Waals surface area (Å²) in [5.41, 5.74) is 10.8. The summed E-state index contributed by atoms with van der Waals surface area (Å²) in [6, 6.07) is 11.2. The molecule has 2 aromatic heterocycles. The van der Waals surface area contributed by atoms with Crippen molar-refractivity contribution in [2.75, 3.05) is 0 Å². The van der Waals surface area contributed by atoms with Crippen LogP contribution in [0.2, 0.25) is 0 Å². The lowest BCUT2D eigenvalue weighted by Crippen LogP contribution is -2.18. The molecule has 4 N–H and O–H groups in total. The Morgan fingerprint density at radius 1 is 0.765 bits per heavy atom. The minimum absolute atomic E-state index is 0.287. The van der Waals surface area contributed by atoms with E-state index in [1.54, 1.807) is 24.6 Å². The molecule has 2 amide bonds. The summed E-state index contributed by atoms with van der Waals surface area (Å²) in [7, 11) is 0. The average Bonchev–Trinajstić information content (AvgIpc) is 3.43. The predicted molar refractivity (Wildman–Crippen MR) is 132 cm³/mol. The summed E-state index contributed by atoms with van der Waals surface area (Å²) in [5, 5.41) is 21.1. The van der Waals surface area contributed by atoms with Crippen LogP contribution in [0.25, 0.3) is 12.2 Å². The Morgan fingerprint density at radius 3 is 1.47 bits per heavy atom. The van der Waals surface area contributed by atoms with Crippen LogP contribution in [-0.2, 0) is 0 Å². The molecule has 3 aromatic rings. The molecule has 0 aliphatic carbocycles. The fraction of sp³-hybridized carbons (Fsp3) is 0.167. The lowest BCUT2D eigenvalue weighted by atomic mass is 10.1. The minimum Gasteiger partial charge on any atom is -0.282 e. The second-order valence-corrected chi connectivity index (χ2v) is 7.71. The number of hydrogen-bond acceptors (Lipinski definition) is 6. The molecule has 0 saturated carbocycles. The first-order valence-corrected chi connectivity index (χ1v) is 10.5. The molecule has 3 rings (SSSR count). The van der Waals surface area contributed by atoms with Gasteiger partial charge in [-0.2, -0.15) is 20.4 Å². The van der Waals surface area contributed by atoms with Crippen LogP contribution in [0.1, 0.15) is 57.3 Å². The normalized spacial score (nSPS) is 12.5. The zero-order valence-electron chi connectivity index (χ0n) is 19.4. The Hall–Kier alpha value is -4.60. The number of benzene rings is 1. The summed E-state index contributed by atoms with van der Waals surface area (Å²) in [6.07, 6.45) is 7.04. The standard InChI is InChI=1S/C24H26N8O2/c1-15(13-25-31-23(33)21-11-17(3)27-29-21)9-19-5-7-20(8-6-19)10-16(2)14-26-32-24(34)22-12-18(4)28-30-22/h5-14H,1-4H3,(H,27,29)(H,28,30)(H,31,33)(H,32,34)/b15-9+,16-10+,25-13+,26-14+. The summed E-state index contributed by atoms with van der Waals surface area (Å²) in [5.74, 6) is -0.751. The molecule has 0 atom stereocenters. The van der Waals surface area contributed by atoms with E-state index in [4.69, 9.17) is 0 Å². The lowest BCUT2D eigenvalue weighted by molar-refractivity contribution is 0.0942. The van der Waals surface area contributed by atoms with Crippen molar-refractivity contribution in [3.8, 4) is 0 Å². The second-order valence-electron chi connectivity index (χ2n) is 7.71. The molecule has 1 aromatic carbocycles. The van der Waals surface area contributed by atoms with Gasteiger partial charge in [0.05, 0.1) is 12.4 Å². The Balaban J connectivity index is 1.51. The van der Waals surface area contributed by atoms with E-state index >= 15 is 0 Å². The van der Waals surface area contributed by atoms with Crippen LogP contribution >= 0.6 is 0 Å². The monoisotopic (exact) mass is 458 g/mol. The number of rotatable bonds is 8. The molecule has 10 heteroatoms. The number of carbonyl (C=O) groups is 2. The van der Waals surface area contributed by atoms with Gasteiger partial charge in [-0.25, -0.2) is 10.9 Å². The first kappa shape index (κ1) is 24.1. The SMILES string of the molecule is CC(/C=N/NC(=O)c1cc(C)[nH]n1)=C\c1ccc(/C=C(C)/C=N/NC(=O)c2cc(C)[nH]n2)cc1. The van der Waals surface area contributed by atoms with Crippen LogP contribution in [0, 0.1) is 13.8 Å². The Labute approximate surface area is 196 Å². The number of nitrogens with one attached hydrogen (secondary N) is 4. The molecule has 34 heavy (non-hydrogen) atoms. The van der Waals surface area contributed by atoms with Gasteiger partial charge in [0.25, 0.3) is 11.8 Å². The molecule has 0 spiro atoms. The van der Waals surface area contributed by atoms with Crippen molar-refractivity contribution < 1.29 is 9.59 Å². The predicted octanol–water partition coefficient (Wildman–Crippen LogP) is 3.39. The van der Waals surface area contributed by atoms with Gasteiger partial charge >= 0.3 is 0 Å². The van der Waals surface area contributed by atoms with Crippen molar-refractivity contribution in [2.24, 2.45) is 10.2 Å². The van der Waals surface area contributed by atoms with E-state index in [9.17, 15) is 9.59 Å². The number of amides is 2. The van der Waals surface area contributed by atoms with Gasteiger partial charge in [-0.15, -0.1) is 0 Å². The highest BCUT2D eigenvalue weighted by molar-refractivity contribution is 5.94. The third-order valence-corrected chi connectivity index (χ3v) is 4.47. The van der Waals surface area contributed by atoms with Gasteiger partial charge in [0.1, 0.15) is 0 Å². The topological polar surface area (TPSA) is 140 Å². The van der Waals surface area contributed by atoms with Crippen molar-refractivity contribution >= 4 is 36.4 Å². The Kier molecular flexibility index (Phi) is 8.01. The molecular weight excluding hydrogens is 432 g/mol. The van der Waals surface area contributed by atoms with Crippen LogP contribution in [-0.4, -0.2) is 44.6 Å². The van der Waals surface area contributed by atoms with Crippen molar-refractivity contribution in [1.82, 2.24) is 31.2 Å². The highest BCUT2D eigenvalue weighted by atomic mass is 16.2. The average molecular weight is 459 g/mol. The number of hydrogen-bond donors (Lipinski definition) is 4. The van der Waals surface area contributed by atoms with Gasteiger partial charge in [-0.05, 0) is 62.1 Å². The number of nitrogens with zero attached hydrogens (tertiary/aromatic N) is 4. The molecule has 10 nitrogen and oxygen atoms in total. The smallest absolute Gasteiger partial charge is 0.282 e. The fourth-order valence-electron chi connectivity index (χ4n) is 2.86. The number of carbonyl (C=O) groups excluding carboxylic acids is 2. The van der Waals surface area contributed by atoms with Crippen molar-refractivity contribution in [2.45, 2.75) is 27.7 Å². The fourth-order valence-corrected chi connectivity index (χ4v) is 2.86. The van der Waals surface area contributed by atoms with Gasteiger partial charge in [-0.3, -0.25) is 19.8 Å². The molecule has 0 fully saturated rings. The third-order valence-electron chi connectivity index (χ3n) is 4.47. The van der Waals surface area contributed by atoms with Crippen LogP contribution in [0.15, 0.2) is 57.7 Å². The van der Waals surface area contributed by atoms with Crippen LogP contribution in [0.3, 0.4) is 0 Å². The first-order chi connectivity index (χ1) is 16.3. The van der Waals surface area contributed by atoms with E-state index in [-0.39, 0.29) is 23.2 Å². The maximum Gasteiger partial charge on any atom is 0.291 e. The van der Waals surface area contributed by atoms with Crippen molar-refractivity contribution in [3.63, 3.8) is 0 Å². The van der Waals surface area contributed by atoms with Crippen LogP contribution in [0.5, 0.6) is 0 Å². The number of aryl methyl sites for hydroxylation is 2. The van der Waals surface area contributed by atoms with E-state index in [1.165, 1.54) is 0 Å². The summed E-state index contributed by atoms with van der Waals surface area (Å²) < 4.78 is 0. The number of aromatic amines is 2.